The molecule has 1 amide bonds. The number of benzene rings is 2. The zero-order valence-electron chi connectivity index (χ0n) is 18.5. The number of amides is 1. The van der Waals surface area contributed by atoms with Gasteiger partial charge >= 0.3 is 0 Å². The molecule has 0 bridgehead atoms. The zero-order valence-corrected chi connectivity index (χ0v) is 20.2. The highest BCUT2D eigenvalue weighted by Crippen LogP contribution is 2.25. The Hall–Kier alpha value is -2.13. The zero-order chi connectivity index (χ0) is 22.4. The van der Waals surface area contributed by atoms with Crippen molar-refractivity contribution in [2.45, 2.75) is 31.9 Å². The van der Waals surface area contributed by atoms with Crippen molar-refractivity contribution < 1.29 is 18.3 Å². The van der Waals surface area contributed by atoms with E-state index in [1.54, 1.807) is 4.90 Å². The Kier molecular flexibility index (Phi) is 9.51. The van der Waals surface area contributed by atoms with Crippen LogP contribution in [-0.4, -0.2) is 63.4 Å². The van der Waals surface area contributed by atoms with Crippen LogP contribution in [0.5, 0.6) is 0 Å². The number of rotatable bonds is 9. The van der Waals surface area contributed by atoms with Gasteiger partial charge in [-0.3, -0.25) is 4.79 Å². The summed E-state index contributed by atoms with van der Waals surface area (Å²) in [6.45, 7) is 2.35. The fourth-order valence-corrected chi connectivity index (χ4v) is 4.13. The number of nitrogens with zero attached hydrogens (tertiary/aromatic N) is 2. The highest BCUT2D eigenvalue weighted by molar-refractivity contribution is 7.88. The number of para-hydroxylation sites is 1. The molecule has 32 heavy (non-hydrogen) atoms. The number of carbonyl (C=O) groups excluding carboxylic acids is 1. The quantitative estimate of drug-likeness (QED) is 0.571. The van der Waals surface area contributed by atoms with Crippen LogP contribution >= 0.6 is 12.4 Å². The van der Waals surface area contributed by atoms with Crippen molar-refractivity contribution in [3.8, 4) is 0 Å². The van der Waals surface area contributed by atoms with Crippen LogP contribution in [0.25, 0.3) is 0 Å². The SMILES string of the molecule is CN(CCc1ccccc1N1CC[C@H](O)C1)C(=O)Cc1ccc(CNS(C)(=O)=O)cc1.Cl. The van der Waals surface area contributed by atoms with Gasteiger partial charge in [0.25, 0.3) is 0 Å². The summed E-state index contributed by atoms with van der Waals surface area (Å²) in [5, 5.41) is 9.84. The van der Waals surface area contributed by atoms with Crippen LogP contribution in [0.1, 0.15) is 23.1 Å². The van der Waals surface area contributed by atoms with Crippen molar-refractivity contribution in [3.05, 3.63) is 65.2 Å². The van der Waals surface area contributed by atoms with E-state index in [0.29, 0.717) is 19.5 Å². The van der Waals surface area contributed by atoms with E-state index in [1.165, 1.54) is 5.56 Å². The highest BCUT2D eigenvalue weighted by atomic mass is 35.5. The molecule has 1 aliphatic rings. The van der Waals surface area contributed by atoms with E-state index < -0.39 is 10.0 Å². The molecule has 0 aromatic heterocycles. The molecule has 1 fully saturated rings. The minimum Gasteiger partial charge on any atom is -0.391 e. The average molecular weight is 482 g/mol. The van der Waals surface area contributed by atoms with Crippen LogP contribution in [0.2, 0.25) is 0 Å². The summed E-state index contributed by atoms with van der Waals surface area (Å²) >= 11 is 0. The maximum Gasteiger partial charge on any atom is 0.226 e. The first-order valence-electron chi connectivity index (χ1n) is 10.5. The molecule has 3 rings (SSSR count). The maximum atomic E-state index is 12.7. The minimum atomic E-state index is -3.23. The average Bonchev–Trinajstić information content (AvgIpc) is 3.17. The number of hydrogen-bond acceptors (Lipinski definition) is 5. The van der Waals surface area contributed by atoms with Crippen LogP contribution < -0.4 is 9.62 Å². The molecular formula is C23H32ClN3O4S. The van der Waals surface area contributed by atoms with Gasteiger partial charge in [0.15, 0.2) is 0 Å². The van der Waals surface area contributed by atoms with E-state index >= 15 is 0 Å². The first-order chi connectivity index (χ1) is 14.7. The lowest BCUT2D eigenvalue weighted by molar-refractivity contribution is -0.129. The van der Waals surface area contributed by atoms with Crippen molar-refractivity contribution >= 4 is 34.0 Å². The van der Waals surface area contributed by atoms with E-state index in [4.69, 9.17) is 0 Å². The summed E-state index contributed by atoms with van der Waals surface area (Å²) in [4.78, 5) is 16.6. The summed E-state index contributed by atoms with van der Waals surface area (Å²) in [7, 11) is -1.42. The van der Waals surface area contributed by atoms with Gasteiger partial charge in [-0.05, 0) is 35.6 Å². The molecule has 0 unspecified atom stereocenters. The van der Waals surface area contributed by atoms with E-state index in [0.717, 1.165) is 42.5 Å². The number of hydrogen-bond donors (Lipinski definition) is 2. The molecule has 0 spiro atoms. The maximum absolute atomic E-state index is 12.7. The van der Waals surface area contributed by atoms with Gasteiger partial charge in [0.2, 0.25) is 15.9 Å². The van der Waals surface area contributed by atoms with E-state index in [-0.39, 0.29) is 31.0 Å². The molecule has 0 radical (unpaired) electrons. The van der Waals surface area contributed by atoms with Gasteiger partial charge in [-0.1, -0.05) is 42.5 Å². The van der Waals surface area contributed by atoms with E-state index in [1.807, 2.05) is 43.4 Å². The number of aliphatic hydroxyl groups is 1. The number of likely N-dealkylation sites (N-methyl/N-ethyl adjacent to an activating group) is 1. The van der Waals surface area contributed by atoms with Crippen LogP contribution in [0, 0.1) is 0 Å². The molecular weight excluding hydrogens is 450 g/mol. The molecule has 7 nitrogen and oxygen atoms in total. The van der Waals surface area contributed by atoms with Crippen LogP contribution in [-0.2, 0) is 34.2 Å². The van der Waals surface area contributed by atoms with Gasteiger partial charge in [-0.25, -0.2) is 13.1 Å². The summed E-state index contributed by atoms with van der Waals surface area (Å²) in [6.07, 6.45) is 2.70. The van der Waals surface area contributed by atoms with Gasteiger partial charge in [0.1, 0.15) is 0 Å². The molecule has 0 aliphatic carbocycles. The number of β-amino-alcohol motifs (C(OH)–C–C–N with tert-alkyl or cyclic N) is 1. The Morgan fingerprint density at radius 2 is 1.81 bits per heavy atom. The third kappa shape index (κ3) is 7.78. The molecule has 2 aromatic carbocycles. The number of halogens is 1. The van der Waals surface area contributed by atoms with Gasteiger partial charge in [-0.2, -0.15) is 0 Å². The van der Waals surface area contributed by atoms with Crippen molar-refractivity contribution in [2.24, 2.45) is 0 Å². The summed E-state index contributed by atoms with van der Waals surface area (Å²) in [5.41, 5.74) is 4.06. The fourth-order valence-electron chi connectivity index (χ4n) is 3.70. The Balaban J connectivity index is 0.00000363. The van der Waals surface area contributed by atoms with Crippen molar-refractivity contribution in [3.63, 3.8) is 0 Å². The second-order valence-electron chi connectivity index (χ2n) is 8.17. The first kappa shape index (κ1) is 26.1. The Morgan fingerprint density at radius 3 is 2.44 bits per heavy atom. The van der Waals surface area contributed by atoms with Gasteiger partial charge < -0.3 is 14.9 Å². The topological polar surface area (TPSA) is 89.9 Å². The number of carbonyl (C=O) groups is 1. The molecule has 9 heteroatoms. The number of sulfonamides is 1. The van der Waals surface area contributed by atoms with Crippen LogP contribution in [0.15, 0.2) is 48.5 Å². The predicted octanol–water partition coefficient (Wildman–Crippen LogP) is 1.97. The van der Waals surface area contributed by atoms with Gasteiger partial charge in [0, 0.05) is 38.9 Å². The third-order valence-electron chi connectivity index (χ3n) is 5.55. The summed E-state index contributed by atoms with van der Waals surface area (Å²) in [5.74, 6) is 0.0380. The molecule has 1 aliphatic heterocycles. The molecule has 1 atom stereocenters. The Bertz CT molecular complexity index is 999. The van der Waals surface area contributed by atoms with Crippen molar-refractivity contribution in [2.75, 3.05) is 37.8 Å². The van der Waals surface area contributed by atoms with Crippen LogP contribution in [0.3, 0.4) is 0 Å². The highest BCUT2D eigenvalue weighted by Gasteiger charge is 2.22. The smallest absolute Gasteiger partial charge is 0.226 e. The monoisotopic (exact) mass is 481 g/mol. The predicted molar refractivity (Wildman–Crippen MR) is 130 cm³/mol. The third-order valence-corrected chi connectivity index (χ3v) is 6.22. The first-order valence-corrected chi connectivity index (χ1v) is 12.4. The lowest BCUT2D eigenvalue weighted by atomic mass is 10.1. The van der Waals surface area contributed by atoms with E-state index in [2.05, 4.69) is 21.8 Å². The van der Waals surface area contributed by atoms with Crippen molar-refractivity contribution in [1.82, 2.24) is 9.62 Å². The number of nitrogens with one attached hydrogen (secondary N) is 1. The molecule has 0 saturated carbocycles. The minimum absolute atomic E-state index is 0. The number of aliphatic hydroxyl groups excluding tert-OH is 1. The molecule has 2 aromatic rings. The Labute approximate surface area is 196 Å². The van der Waals surface area contributed by atoms with Gasteiger partial charge in [-0.15, -0.1) is 12.4 Å². The molecule has 1 saturated heterocycles. The lowest BCUT2D eigenvalue weighted by Crippen LogP contribution is -2.30. The molecule has 1 heterocycles. The Morgan fingerprint density at radius 1 is 1.16 bits per heavy atom. The molecule has 176 valence electrons. The van der Waals surface area contributed by atoms with Crippen molar-refractivity contribution in [1.29, 1.82) is 0 Å². The fraction of sp³-hybridized carbons (Fsp3) is 0.435. The van der Waals surface area contributed by atoms with Gasteiger partial charge in [0.05, 0.1) is 18.8 Å². The second kappa shape index (κ2) is 11.7. The summed E-state index contributed by atoms with van der Waals surface area (Å²) in [6, 6.07) is 15.6. The number of anilines is 1. The summed E-state index contributed by atoms with van der Waals surface area (Å²) < 4.78 is 24.8. The normalized spacial score (nSPS) is 16.0. The lowest BCUT2D eigenvalue weighted by Gasteiger charge is -2.23. The standard InChI is InChI=1S/C23H31N3O4S.ClH/c1-25(13-11-20-5-3-4-6-22(20)26-14-12-21(27)17-26)23(28)15-18-7-9-19(10-8-18)16-24-31(2,29)30;/h3-10,21,24,27H,11-17H2,1-2H3;1H/t21-;/m0./s1. The van der Waals surface area contributed by atoms with E-state index in [9.17, 15) is 18.3 Å². The van der Waals surface area contributed by atoms with Crippen LogP contribution in [0.4, 0.5) is 5.69 Å². The molecule has 2 N–H and O–H groups in total. The largest absolute Gasteiger partial charge is 0.391 e. The second-order valence-corrected chi connectivity index (χ2v) is 10.0.